The molecule has 0 fully saturated rings. The van der Waals surface area contributed by atoms with Gasteiger partial charge in [-0.25, -0.2) is 4.79 Å². The van der Waals surface area contributed by atoms with E-state index in [1.54, 1.807) is 21.0 Å². The van der Waals surface area contributed by atoms with E-state index in [0.29, 0.717) is 0 Å². The summed E-state index contributed by atoms with van der Waals surface area (Å²) < 4.78 is 28.1. The highest BCUT2D eigenvalue weighted by atomic mass is 32.2. The molecule has 0 amide bonds. The van der Waals surface area contributed by atoms with E-state index in [9.17, 15) is 13.2 Å². The van der Waals surface area contributed by atoms with E-state index in [1.807, 2.05) is 30.3 Å². The molecule has 0 bridgehead atoms. The minimum atomic E-state index is -2.64. The summed E-state index contributed by atoms with van der Waals surface area (Å²) in [6.45, 7) is 3.61. The van der Waals surface area contributed by atoms with Crippen molar-refractivity contribution in [2.75, 3.05) is 7.11 Å². The molecule has 0 saturated carbocycles. The molecule has 0 heterocycles. The second-order valence-electron chi connectivity index (χ2n) is 4.32. The number of methoxy groups -OCH3 is 1. The Morgan fingerprint density at radius 3 is 2.15 bits per heavy atom. The van der Waals surface area contributed by atoms with Crippen molar-refractivity contribution in [1.82, 2.24) is 0 Å². The Bertz CT molecular complexity index is 517. The first-order valence-corrected chi connectivity index (χ1v) is 7.02. The molecule has 112 valence electrons. The van der Waals surface area contributed by atoms with Crippen molar-refractivity contribution >= 4 is 16.5 Å². The van der Waals surface area contributed by atoms with Gasteiger partial charge < -0.3 is 9.84 Å². The van der Waals surface area contributed by atoms with Gasteiger partial charge in [0.05, 0.1) is 7.11 Å². The van der Waals surface area contributed by atoms with Crippen LogP contribution in [0, 0.1) is 5.92 Å². The maximum Gasteiger partial charge on any atom is 0.329 e. The number of carboxylic acid groups (broad SMARTS) is 1. The smallest absolute Gasteiger partial charge is 0.329 e. The van der Waals surface area contributed by atoms with E-state index in [2.05, 4.69) is 4.36 Å². The van der Waals surface area contributed by atoms with E-state index < -0.39 is 22.5 Å². The molecule has 1 atom stereocenters. The molecule has 0 spiro atoms. The highest BCUT2D eigenvalue weighted by molar-refractivity contribution is 7.61. The van der Waals surface area contributed by atoms with Gasteiger partial charge in [0.25, 0.3) is 0 Å². The van der Waals surface area contributed by atoms with Crippen LogP contribution in [0.1, 0.15) is 20.3 Å². The van der Waals surface area contributed by atoms with Crippen LogP contribution in [-0.4, -0.2) is 32.6 Å². The van der Waals surface area contributed by atoms with Crippen molar-refractivity contribution < 1.29 is 23.1 Å². The van der Waals surface area contributed by atoms with Crippen LogP contribution in [-0.2, 0) is 15.3 Å². The average molecular weight is 301 g/mol. The predicted octanol–water partition coefficient (Wildman–Crippen LogP) is 2.24. The predicted molar refractivity (Wildman–Crippen MR) is 75.2 cm³/mol. The summed E-state index contributed by atoms with van der Waals surface area (Å²) in [6.07, 6.45) is 0.239. The molecule has 1 aromatic carbocycles. The maximum atomic E-state index is 10.4. The van der Waals surface area contributed by atoms with Crippen LogP contribution in [0.2, 0.25) is 0 Å². The van der Waals surface area contributed by atoms with Crippen molar-refractivity contribution in [3.05, 3.63) is 30.3 Å². The fraction of sp³-hybridized carbons (Fsp3) is 0.462. The molecule has 0 aliphatic carbocycles. The lowest BCUT2D eigenvalue weighted by molar-refractivity contribution is -0.138. The van der Waals surface area contributed by atoms with Crippen LogP contribution >= 0.6 is 0 Å². The summed E-state index contributed by atoms with van der Waals surface area (Å²) in [7, 11) is -0.976. The Kier molecular flexibility index (Phi) is 9.02. The molecule has 0 aliphatic rings. The zero-order valence-corrected chi connectivity index (χ0v) is 12.5. The Morgan fingerprint density at radius 2 is 1.85 bits per heavy atom. The maximum absolute atomic E-state index is 10.4. The molecule has 6 nitrogen and oxygen atoms in total. The molecule has 1 rings (SSSR count). The molecule has 0 aliphatic heterocycles. The first kappa shape index (κ1) is 18.1. The van der Waals surface area contributed by atoms with Crippen LogP contribution in [0.15, 0.2) is 34.7 Å². The van der Waals surface area contributed by atoms with Crippen LogP contribution in [0.25, 0.3) is 0 Å². The first-order valence-electron chi connectivity index (χ1n) is 5.98. The molecule has 0 aromatic heterocycles. The number of ether oxygens (including phenoxy) is 1. The third-order valence-corrected chi connectivity index (χ3v) is 2.60. The van der Waals surface area contributed by atoms with Crippen LogP contribution in [0.3, 0.4) is 0 Å². The number of para-hydroxylation sites is 1. The lowest BCUT2D eigenvalue weighted by Gasteiger charge is -2.06. The van der Waals surface area contributed by atoms with Gasteiger partial charge in [-0.05, 0) is 24.5 Å². The molecule has 1 unspecified atom stereocenters. The Labute approximate surface area is 120 Å². The van der Waals surface area contributed by atoms with Gasteiger partial charge in [-0.3, -0.25) is 0 Å². The van der Waals surface area contributed by atoms with Crippen molar-refractivity contribution in [3.8, 4) is 5.75 Å². The second kappa shape index (κ2) is 9.96. The SMILES string of the molecule is CC(C)CC(N=S(=O)=O)C(=O)O.COc1ccccc1. The summed E-state index contributed by atoms with van der Waals surface area (Å²) >= 11 is 0. The van der Waals surface area contributed by atoms with Crippen molar-refractivity contribution in [2.45, 2.75) is 26.3 Å². The normalized spacial score (nSPS) is 11.0. The molecular formula is C13H19NO5S. The number of aliphatic carboxylic acids is 1. The number of hydrogen-bond acceptors (Lipinski definition) is 5. The number of hydrogen-bond donors (Lipinski definition) is 1. The van der Waals surface area contributed by atoms with Gasteiger partial charge in [0.1, 0.15) is 5.75 Å². The third-order valence-electron chi connectivity index (χ3n) is 2.17. The van der Waals surface area contributed by atoms with Gasteiger partial charge >= 0.3 is 16.5 Å². The summed E-state index contributed by atoms with van der Waals surface area (Å²) in [5.74, 6) is -0.182. The molecule has 0 radical (unpaired) electrons. The average Bonchev–Trinajstić information content (AvgIpc) is 2.38. The van der Waals surface area contributed by atoms with Gasteiger partial charge in [0.15, 0.2) is 6.04 Å². The molecule has 0 saturated heterocycles. The molecular weight excluding hydrogens is 282 g/mol. The third kappa shape index (κ3) is 9.09. The van der Waals surface area contributed by atoms with E-state index in [1.165, 1.54) is 0 Å². The van der Waals surface area contributed by atoms with Crippen LogP contribution in [0.4, 0.5) is 0 Å². The minimum absolute atomic E-state index is 0.110. The quantitative estimate of drug-likeness (QED) is 0.900. The highest BCUT2D eigenvalue weighted by Gasteiger charge is 2.17. The fourth-order valence-corrected chi connectivity index (χ4v) is 1.68. The van der Waals surface area contributed by atoms with Crippen molar-refractivity contribution in [1.29, 1.82) is 0 Å². The number of carboxylic acids is 1. The molecule has 20 heavy (non-hydrogen) atoms. The number of benzene rings is 1. The fourth-order valence-electron chi connectivity index (χ4n) is 1.30. The second-order valence-corrected chi connectivity index (χ2v) is 4.97. The Hall–Kier alpha value is -1.89. The number of nitrogens with zero attached hydrogens (tertiary/aromatic N) is 1. The monoisotopic (exact) mass is 301 g/mol. The van der Waals surface area contributed by atoms with Crippen LogP contribution < -0.4 is 4.74 Å². The summed E-state index contributed by atoms with van der Waals surface area (Å²) in [6, 6.07) is 8.54. The summed E-state index contributed by atoms with van der Waals surface area (Å²) in [4.78, 5) is 10.4. The molecule has 7 heteroatoms. The van der Waals surface area contributed by atoms with Crippen LogP contribution in [0.5, 0.6) is 5.75 Å². The molecule has 1 aromatic rings. The lowest BCUT2D eigenvalue weighted by Crippen LogP contribution is -2.19. The van der Waals surface area contributed by atoms with Crippen molar-refractivity contribution in [2.24, 2.45) is 10.3 Å². The van der Waals surface area contributed by atoms with Crippen molar-refractivity contribution in [3.63, 3.8) is 0 Å². The Balaban J connectivity index is 0.000000388. The summed E-state index contributed by atoms with van der Waals surface area (Å²) in [5.41, 5.74) is 0. The largest absolute Gasteiger partial charge is 0.497 e. The van der Waals surface area contributed by atoms with Gasteiger partial charge in [-0.2, -0.15) is 12.8 Å². The number of rotatable bonds is 5. The van der Waals surface area contributed by atoms with Gasteiger partial charge in [-0.15, -0.1) is 0 Å². The highest BCUT2D eigenvalue weighted by Crippen LogP contribution is 2.08. The first-order chi connectivity index (χ1) is 9.36. The van der Waals surface area contributed by atoms with Gasteiger partial charge in [0, 0.05) is 0 Å². The van der Waals surface area contributed by atoms with E-state index in [0.717, 1.165) is 5.75 Å². The zero-order chi connectivity index (χ0) is 15.5. The number of carbonyl (C=O) groups is 1. The van der Waals surface area contributed by atoms with E-state index in [4.69, 9.17) is 9.84 Å². The molecule has 1 N–H and O–H groups in total. The van der Waals surface area contributed by atoms with E-state index in [-0.39, 0.29) is 12.3 Å². The van der Waals surface area contributed by atoms with E-state index >= 15 is 0 Å². The Morgan fingerprint density at radius 1 is 1.30 bits per heavy atom. The lowest BCUT2D eigenvalue weighted by atomic mass is 10.1. The summed E-state index contributed by atoms with van der Waals surface area (Å²) in [5, 5.41) is 8.50. The minimum Gasteiger partial charge on any atom is -0.497 e. The van der Waals surface area contributed by atoms with Gasteiger partial charge in [0.2, 0.25) is 0 Å². The topological polar surface area (TPSA) is 93.0 Å². The zero-order valence-electron chi connectivity index (χ0n) is 11.7. The standard InChI is InChI=1S/C7H8O.C6H11NO4S/c1-8-7-5-3-2-4-6-7;1-4(2)3-5(6(8)9)7-12(10)11/h2-6H,1H3;4-5H,3H2,1-2H3,(H,8,9). The van der Waals surface area contributed by atoms with Gasteiger partial charge in [-0.1, -0.05) is 32.0 Å².